The molecule has 9 heteroatoms. The molecule has 0 unspecified atom stereocenters. The maximum atomic E-state index is 13.0. The van der Waals surface area contributed by atoms with E-state index in [1.54, 1.807) is 18.7 Å². The number of H-pyrrole nitrogens is 1. The van der Waals surface area contributed by atoms with Gasteiger partial charge in [0.25, 0.3) is 11.7 Å². The van der Waals surface area contributed by atoms with Crippen LogP contribution in [0.3, 0.4) is 0 Å². The maximum Gasteiger partial charge on any atom is 0.295 e. The second-order valence-electron chi connectivity index (χ2n) is 7.27. The molecule has 4 rings (SSSR count). The van der Waals surface area contributed by atoms with Crippen LogP contribution in [-0.4, -0.2) is 76.2 Å². The van der Waals surface area contributed by atoms with Gasteiger partial charge in [-0.15, -0.1) is 11.3 Å². The second-order valence-corrected chi connectivity index (χ2v) is 8.25. The first-order valence-corrected chi connectivity index (χ1v) is 10.5. The number of Topliss-reactive ketones (excluding diaryl/α,β-unsaturated/α-hetero) is 1. The molecule has 2 saturated heterocycles. The van der Waals surface area contributed by atoms with E-state index in [0.717, 1.165) is 18.0 Å². The van der Waals surface area contributed by atoms with Gasteiger partial charge < -0.3 is 14.7 Å². The number of aromatic amines is 1. The first-order valence-electron chi connectivity index (χ1n) is 9.63. The molecule has 1 atom stereocenters. The average Bonchev–Trinajstić information content (AvgIpc) is 3.41. The molecule has 0 aliphatic carbocycles. The number of morpholine rings is 1. The molecule has 2 aromatic heterocycles. The summed E-state index contributed by atoms with van der Waals surface area (Å²) < 4.78 is 5.38. The first-order chi connectivity index (χ1) is 14.0. The molecule has 2 N–H and O–H groups in total. The van der Waals surface area contributed by atoms with Crippen molar-refractivity contribution < 1.29 is 19.4 Å². The summed E-state index contributed by atoms with van der Waals surface area (Å²) in [5.41, 5.74) is 1.86. The third kappa shape index (κ3) is 3.61. The van der Waals surface area contributed by atoms with E-state index < -0.39 is 17.7 Å². The van der Waals surface area contributed by atoms with Gasteiger partial charge in [0.15, 0.2) is 0 Å². The summed E-state index contributed by atoms with van der Waals surface area (Å²) in [5.74, 6) is -1.39. The van der Waals surface area contributed by atoms with Crippen LogP contribution in [0.2, 0.25) is 0 Å². The number of likely N-dealkylation sites (tertiary alicyclic amines) is 1. The fraction of sp³-hybridized carbons (Fsp3) is 0.450. The lowest BCUT2D eigenvalue weighted by molar-refractivity contribution is -0.140. The Morgan fingerprint density at radius 3 is 2.69 bits per heavy atom. The zero-order valence-corrected chi connectivity index (χ0v) is 17.3. The van der Waals surface area contributed by atoms with Crippen LogP contribution in [-0.2, 0) is 14.3 Å². The Morgan fingerprint density at radius 2 is 2.07 bits per heavy atom. The monoisotopic (exact) mass is 416 g/mol. The number of aliphatic hydroxyl groups excluding tert-OH is 1. The van der Waals surface area contributed by atoms with E-state index in [1.165, 1.54) is 11.3 Å². The number of aryl methyl sites for hydroxylation is 2. The Morgan fingerprint density at radius 1 is 1.31 bits per heavy atom. The van der Waals surface area contributed by atoms with Gasteiger partial charge in [-0.2, -0.15) is 5.10 Å². The fourth-order valence-electron chi connectivity index (χ4n) is 3.96. The Hall–Kier alpha value is -2.49. The fourth-order valence-corrected chi connectivity index (χ4v) is 4.81. The molecule has 0 spiro atoms. The number of hydrogen-bond donors (Lipinski definition) is 2. The van der Waals surface area contributed by atoms with Gasteiger partial charge >= 0.3 is 0 Å². The minimum absolute atomic E-state index is 0.132. The third-order valence-electron chi connectivity index (χ3n) is 5.48. The molecule has 0 aromatic carbocycles. The number of nitrogens with zero attached hydrogens (tertiary/aromatic N) is 3. The Labute approximate surface area is 172 Å². The van der Waals surface area contributed by atoms with E-state index >= 15 is 0 Å². The van der Waals surface area contributed by atoms with Crippen molar-refractivity contribution in [3.05, 3.63) is 44.9 Å². The molecule has 0 radical (unpaired) electrons. The number of ketones is 1. The van der Waals surface area contributed by atoms with Crippen LogP contribution in [0.15, 0.2) is 23.1 Å². The van der Waals surface area contributed by atoms with Crippen molar-refractivity contribution >= 4 is 28.8 Å². The van der Waals surface area contributed by atoms with Crippen molar-refractivity contribution in [2.45, 2.75) is 19.9 Å². The van der Waals surface area contributed by atoms with E-state index in [1.807, 2.05) is 17.5 Å². The lowest BCUT2D eigenvalue weighted by atomic mass is 9.99. The van der Waals surface area contributed by atoms with Gasteiger partial charge in [-0.1, -0.05) is 6.07 Å². The van der Waals surface area contributed by atoms with Gasteiger partial charge in [0.05, 0.1) is 36.1 Å². The Bertz CT molecular complexity index is 924. The highest BCUT2D eigenvalue weighted by Gasteiger charge is 2.46. The van der Waals surface area contributed by atoms with Gasteiger partial charge in [-0.25, -0.2) is 0 Å². The van der Waals surface area contributed by atoms with Crippen molar-refractivity contribution in [3.63, 3.8) is 0 Å². The summed E-state index contributed by atoms with van der Waals surface area (Å²) >= 11 is 1.47. The highest BCUT2D eigenvalue weighted by atomic mass is 32.1. The summed E-state index contributed by atoms with van der Waals surface area (Å²) in [5, 5.41) is 19.9. The first kappa shape index (κ1) is 19.8. The van der Waals surface area contributed by atoms with Gasteiger partial charge in [0.1, 0.15) is 5.76 Å². The zero-order valence-electron chi connectivity index (χ0n) is 16.5. The van der Waals surface area contributed by atoms with Gasteiger partial charge in [-0.3, -0.25) is 19.6 Å². The van der Waals surface area contributed by atoms with E-state index in [4.69, 9.17) is 4.74 Å². The van der Waals surface area contributed by atoms with Crippen LogP contribution in [0.5, 0.6) is 0 Å². The van der Waals surface area contributed by atoms with E-state index in [0.29, 0.717) is 43.3 Å². The van der Waals surface area contributed by atoms with Crippen LogP contribution in [0.1, 0.15) is 27.9 Å². The lowest BCUT2D eigenvalue weighted by Crippen LogP contribution is -2.42. The minimum atomic E-state index is -0.650. The van der Waals surface area contributed by atoms with Crippen molar-refractivity contribution in [2.24, 2.45) is 0 Å². The molecule has 0 saturated carbocycles. The number of amides is 1. The number of aliphatic hydroxyl groups is 1. The number of ether oxygens (including phenoxy) is 1. The van der Waals surface area contributed by atoms with E-state index in [-0.39, 0.29) is 11.3 Å². The van der Waals surface area contributed by atoms with Crippen LogP contribution in [0.4, 0.5) is 0 Å². The number of carbonyl (C=O) groups excluding carboxylic acids is 2. The topological polar surface area (TPSA) is 98.8 Å². The Kier molecular flexibility index (Phi) is 5.53. The number of thiophene rings is 1. The smallest absolute Gasteiger partial charge is 0.295 e. The molecule has 29 heavy (non-hydrogen) atoms. The van der Waals surface area contributed by atoms with Gasteiger partial charge in [0.2, 0.25) is 0 Å². The summed E-state index contributed by atoms with van der Waals surface area (Å²) in [6, 6.07) is 3.19. The molecule has 0 bridgehead atoms. The number of carbonyl (C=O) groups is 2. The molecular formula is C20H24N4O4S. The quantitative estimate of drug-likeness (QED) is 0.438. The molecule has 2 aliphatic heterocycles. The number of rotatable bonds is 5. The second kappa shape index (κ2) is 8.10. The molecule has 8 nitrogen and oxygen atoms in total. The molecule has 2 aromatic rings. The minimum Gasteiger partial charge on any atom is -0.507 e. The SMILES string of the molecule is Cc1n[nH]c(C)c1/C(O)=C1\C(=O)C(=O)N(CCN2CCOCC2)[C@H]1c1cccs1. The van der Waals surface area contributed by atoms with E-state index in [9.17, 15) is 14.7 Å². The molecule has 2 fully saturated rings. The average molecular weight is 417 g/mol. The van der Waals surface area contributed by atoms with Crippen molar-refractivity contribution in [1.82, 2.24) is 20.0 Å². The van der Waals surface area contributed by atoms with E-state index in [2.05, 4.69) is 15.1 Å². The van der Waals surface area contributed by atoms with Crippen molar-refractivity contribution in [3.8, 4) is 0 Å². The maximum absolute atomic E-state index is 13.0. The molecule has 2 aliphatic rings. The third-order valence-corrected chi connectivity index (χ3v) is 6.40. The zero-order chi connectivity index (χ0) is 20.5. The standard InChI is InChI=1S/C20H24N4O4S/c1-12-15(13(2)22-21-12)18(25)16-17(14-4-3-11-29-14)24(20(27)19(16)26)6-5-23-7-9-28-10-8-23/h3-4,11,17,25H,5-10H2,1-2H3,(H,21,22)/b18-16+/t17-/m0/s1. The highest BCUT2D eigenvalue weighted by molar-refractivity contribution is 7.10. The highest BCUT2D eigenvalue weighted by Crippen LogP contribution is 2.41. The number of aromatic nitrogens is 2. The predicted octanol–water partition coefficient (Wildman–Crippen LogP) is 1.84. The largest absolute Gasteiger partial charge is 0.507 e. The van der Waals surface area contributed by atoms with Crippen molar-refractivity contribution in [1.29, 1.82) is 0 Å². The number of hydrogen-bond acceptors (Lipinski definition) is 7. The summed E-state index contributed by atoms with van der Waals surface area (Å²) in [4.78, 5) is 30.5. The van der Waals surface area contributed by atoms with Gasteiger partial charge in [-0.05, 0) is 25.3 Å². The van der Waals surface area contributed by atoms with Crippen LogP contribution in [0.25, 0.3) is 5.76 Å². The number of nitrogens with one attached hydrogen (secondary N) is 1. The summed E-state index contributed by atoms with van der Waals surface area (Å²) in [6.07, 6.45) is 0. The van der Waals surface area contributed by atoms with Crippen LogP contribution in [0, 0.1) is 13.8 Å². The van der Waals surface area contributed by atoms with Crippen molar-refractivity contribution in [2.75, 3.05) is 39.4 Å². The molecule has 154 valence electrons. The van der Waals surface area contributed by atoms with Gasteiger partial charge in [0, 0.05) is 36.8 Å². The van der Waals surface area contributed by atoms with Crippen LogP contribution < -0.4 is 0 Å². The normalized spacial score (nSPS) is 22.6. The lowest BCUT2D eigenvalue weighted by Gasteiger charge is -2.30. The molecular weight excluding hydrogens is 392 g/mol. The summed E-state index contributed by atoms with van der Waals surface area (Å²) in [7, 11) is 0. The summed E-state index contributed by atoms with van der Waals surface area (Å²) in [6.45, 7) is 7.56. The Balaban J connectivity index is 1.72. The molecule has 4 heterocycles. The predicted molar refractivity (Wildman–Crippen MR) is 109 cm³/mol. The molecule has 1 amide bonds. The van der Waals surface area contributed by atoms with Crippen LogP contribution >= 0.6 is 11.3 Å².